The van der Waals surface area contributed by atoms with Gasteiger partial charge >= 0.3 is 5.97 Å². The largest absolute Gasteiger partial charge is 0.478 e. The Labute approximate surface area is 105 Å². The van der Waals surface area contributed by atoms with E-state index in [0.29, 0.717) is 11.5 Å². The fourth-order valence-electron chi connectivity index (χ4n) is 1.54. The van der Waals surface area contributed by atoms with Crippen LogP contribution in [0, 0.1) is 13.8 Å². The zero-order valence-electron chi connectivity index (χ0n) is 10.2. The second-order valence-corrected chi connectivity index (χ2v) is 4.03. The number of ether oxygens (including phenoxy) is 1. The molecule has 1 aromatic heterocycles. The van der Waals surface area contributed by atoms with Crippen LogP contribution in [0.5, 0.6) is 11.5 Å². The van der Waals surface area contributed by atoms with E-state index in [2.05, 4.69) is 4.98 Å². The van der Waals surface area contributed by atoms with E-state index in [1.54, 1.807) is 30.6 Å². The molecule has 0 aliphatic heterocycles. The van der Waals surface area contributed by atoms with Crippen molar-refractivity contribution in [3.05, 3.63) is 53.3 Å². The van der Waals surface area contributed by atoms with Crippen molar-refractivity contribution >= 4 is 5.97 Å². The van der Waals surface area contributed by atoms with Crippen LogP contribution in [-0.4, -0.2) is 16.1 Å². The Morgan fingerprint density at radius 1 is 1.17 bits per heavy atom. The summed E-state index contributed by atoms with van der Waals surface area (Å²) in [5, 5.41) is 8.96. The number of pyridine rings is 1. The van der Waals surface area contributed by atoms with E-state index in [9.17, 15) is 4.79 Å². The van der Waals surface area contributed by atoms with Crippen molar-refractivity contribution in [2.75, 3.05) is 0 Å². The average molecular weight is 243 g/mol. The van der Waals surface area contributed by atoms with Gasteiger partial charge < -0.3 is 9.84 Å². The molecule has 0 aliphatic carbocycles. The van der Waals surface area contributed by atoms with Crippen LogP contribution in [0.1, 0.15) is 21.5 Å². The van der Waals surface area contributed by atoms with Gasteiger partial charge in [0.1, 0.15) is 11.5 Å². The van der Waals surface area contributed by atoms with Gasteiger partial charge in [-0.25, -0.2) is 4.79 Å². The summed E-state index contributed by atoms with van der Waals surface area (Å²) in [6, 6.07) is 6.57. The quantitative estimate of drug-likeness (QED) is 0.899. The SMILES string of the molecule is Cc1cnccc1Oc1cc(C(=O)O)ccc1C. The summed E-state index contributed by atoms with van der Waals surface area (Å²) in [7, 11) is 0. The Morgan fingerprint density at radius 3 is 2.61 bits per heavy atom. The van der Waals surface area contributed by atoms with E-state index in [1.807, 2.05) is 13.8 Å². The minimum Gasteiger partial charge on any atom is -0.478 e. The third kappa shape index (κ3) is 2.48. The first-order valence-corrected chi connectivity index (χ1v) is 5.50. The molecule has 0 fully saturated rings. The summed E-state index contributed by atoms with van der Waals surface area (Å²) in [4.78, 5) is 14.9. The third-order valence-corrected chi connectivity index (χ3v) is 2.62. The lowest BCUT2D eigenvalue weighted by molar-refractivity contribution is 0.0696. The topological polar surface area (TPSA) is 59.4 Å². The molecule has 2 rings (SSSR count). The number of rotatable bonds is 3. The summed E-state index contributed by atoms with van der Waals surface area (Å²) in [5.74, 6) is 0.256. The molecular weight excluding hydrogens is 230 g/mol. The number of hydrogen-bond acceptors (Lipinski definition) is 3. The van der Waals surface area contributed by atoms with E-state index in [4.69, 9.17) is 9.84 Å². The zero-order valence-corrected chi connectivity index (χ0v) is 10.2. The third-order valence-electron chi connectivity index (χ3n) is 2.62. The highest BCUT2D eigenvalue weighted by Gasteiger charge is 2.09. The molecule has 1 heterocycles. The molecule has 4 nitrogen and oxygen atoms in total. The van der Waals surface area contributed by atoms with Gasteiger partial charge in [-0.3, -0.25) is 4.98 Å². The van der Waals surface area contributed by atoms with Gasteiger partial charge in [0.25, 0.3) is 0 Å². The molecule has 2 aromatic rings. The predicted octanol–water partition coefficient (Wildman–Crippen LogP) is 3.19. The van der Waals surface area contributed by atoms with Crippen LogP contribution in [0.3, 0.4) is 0 Å². The molecule has 0 atom stereocenters. The molecule has 0 unspecified atom stereocenters. The van der Waals surface area contributed by atoms with Crippen molar-refractivity contribution in [1.82, 2.24) is 4.98 Å². The van der Waals surface area contributed by atoms with Crippen molar-refractivity contribution in [3.63, 3.8) is 0 Å². The van der Waals surface area contributed by atoms with Crippen LogP contribution >= 0.6 is 0 Å². The maximum atomic E-state index is 10.9. The lowest BCUT2D eigenvalue weighted by atomic mass is 10.1. The zero-order chi connectivity index (χ0) is 13.1. The molecular formula is C14H13NO3. The monoisotopic (exact) mass is 243 g/mol. The molecule has 0 amide bonds. The van der Waals surface area contributed by atoms with Crippen molar-refractivity contribution in [1.29, 1.82) is 0 Å². The van der Waals surface area contributed by atoms with E-state index in [1.165, 1.54) is 6.07 Å². The second kappa shape index (κ2) is 4.87. The normalized spacial score (nSPS) is 10.1. The molecule has 4 heteroatoms. The molecule has 1 N–H and O–H groups in total. The van der Waals surface area contributed by atoms with Gasteiger partial charge in [0, 0.05) is 18.0 Å². The molecule has 0 aliphatic rings. The van der Waals surface area contributed by atoms with Crippen LogP contribution < -0.4 is 4.74 Å². The first-order valence-electron chi connectivity index (χ1n) is 5.50. The van der Waals surface area contributed by atoms with Gasteiger partial charge in [0.05, 0.1) is 5.56 Å². The van der Waals surface area contributed by atoms with Gasteiger partial charge in [-0.1, -0.05) is 6.07 Å². The Hall–Kier alpha value is -2.36. The average Bonchev–Trinajstić information content (AvgIpc) is 2.34. The summed E-state index contributed by atoms with van der Waals surface area (Å²) in [5.41, 5.74) is 2.00. The van der Waals surface area contributed by atoms with E-state index in [0.717, 1.165) is 11.1 Å². The standard InChI is InChI=1S/C14H13NO3/c1-9-3-4-11(14(16)17)7-13(9)18-12-5-6-15-8-10(12)2/h3-8H,1-2H3,(H,16,17). The number of aromatic nitrogens is 1. The molecule has 18 heavy (non-hydrogen) atoms. The highest BCUT2D eigenvalue weighted by molar-refractivity contribution is 5.88. The Bertz CT molecular complexity index is 593. The number of carbonyl (C=O) groups is 1. The molecule has 0 radical (unpaired) electrons. The van der Waals surface area contributed by atoms with Crippen LogP contribution in [0.15, 0.2) is 36.7 Å². The van der Waals surface area contributed by atoms with Crippen molar-refractivity contribution in [3.8, 4) is 11.5 Å². The Balaban J connectivity index is 2.37. The first kappa shape index (κ1) is 12.1. The Morgan fingerprint density at radius 2 is 1.94 bits per heavy atom. The second-order valence-electron chi connectivity index (χ2n) is 4.03. The molecule has 0 bridgehead atoms. The summed E-state index contributed by atoms with van der Waals surface area (Å²) in [6.07, 6.45) is 3.34. The van der Waals surface area contributed by atoms with Crippen LogP contribution in [-0.2, 0) is 0 Å². The number of aryl methyl sites for hydroxylation is 2. The van der Waals surface area contributed by atoms with Crippen LogP contribution in [0.4, 0.5) is 0 Å². The smallest absolute Gasteiger partial charge is 0.335 e. The number of carboxylic acid groups (broad SMARTS) is 1. The number of hydrogen-bond donors (Lipinski definition) is 1. The first-order chi connectivity index (χ1) is 8.58. The predicted molar refractivity (Wildman–Crippen MR) is 67.2 cm³/mol. The molecule has 0 saturated carbocycles. The number of carboxylic acids is 1. The maximum absolute atomic E-state index is 10.9. The lowest BCUT2D eigenvalue weighted by Crippen LogP contribution is -1.98. The molecule has 0 spiro atoms. The van der Waals surface area contributed by atoms with Crippen molar-refractivity contribution in [2.24, 2.45) is 0 Å². The Kier molecular flexibility index (Phi) is 3.28. The summed E-state index contributed by atoms with van der Waals surface area (Å²) >= 11 is 0. The van der Waals surface area contributed by atoms with Crippen molar-refractivity contribution < 1.29 is 14.6 Å². The highest BCUT2D eigenvalue weighted by Crippen LogP contribution is 2.27. The van der Waals surface area contributed by atoms with Gasteiger partial charge in [0.2, 0.25) is 0 Å². The van der Waals surface area contributed by atoms with E-state index < -0.39 is 5.97 Å². The lowest BCUT2D eigenvalue weighted by Gasteiger charge is -2.11. The summed E-state index contributed by atoms with van der Waals surface area (Å²) in [6.45, 7) is 3.76. The molecule has 0 saturated heterocycles. The van der Waals surface area contributed by atoms with Gasteiger partial charge in [0.15, 0.2) is 0 Å². The maximum Gasteiger partial charge on any atom is 0.335 e. The minimum absolute atomic E-state index is 0.210. The molecule has 1 aromatic carbocycles. The fourth-order valence-corrected chi connectivity index (χ4v) is 1.54. The van der Waals surface area contributed by atoms with Crippen LogP contribution in [0.25, 0.3) is 0 Å². The molecule has 92 valence electrons. The minimum atomic E-state index is -0.966. The van der Waals surface area contributed by atoms with Gasteiger partial charge in [-0.2, -0.15) is 0 Å². The number of nitrogens with zero attached hydrogens (tertiary/aromatic N) is 1. The van der Waals surface area contributed by atoms with Gasteiger partial charge in [-0.05, 0) is 37.6 Å². The highest BCUT2D eigenvalue weighted by atomic mass is 16.5. The van der Waals surface area contributed by atoms with Gasteiger partial charge in [-0.15, -0.1) is 0 Å². The fraction of sp³-hybridized carbons (Fsp3) is 0.143. The van der Waals surface area contributed by atoms with E-state index >= 15 is 0 Å². The van der Waals surface area contributed by atoms with E-state index in [-0.39, 0.29) is 5.56 Å². The summed E-state index contributed by atoms with van der Waals surface area (Å²) < 4.78 is 5.73. The number of aromatic carboxylic acids is 1. The number of benzene rings is 1. The van der Waals surface area contributed by atoms with Crippen molar-refractivity contribution in [2.45, 2.75) is 13.8 Å². The van der Waals surface area contributed by atoms with Crippen LogP contribution in [0.2, 0.25) is 0 Å².